The first-order valence-corrected chi connectivity index (χ1v) is 5.96. The van der Waals surface area contributed by atoms with Gasteiger partial charge in [0, 0.05) is 12.2 Å². The lowest BCUT2D eigenvalue weighted by Crippen LogP contribution is -2.35. The summed E-state index contributed by atoms with van der Waals surface area (Å²) in [7, 11) is 0. The van der Waals surface area contributed by atoms with E-state index < -0.39 is 29.1 Å². The first-order valence-electron chi connectivity index (χ1n) is 4.91. The third kappa shape index (κ3) is 6.86. The number of carboxylic acids is 2. The van der Waals surface area contributed by atoms with E-state index in [4.69, 9.17) is 15.9 Å². The molecule has 0 spiro atoms. The fourth-order valence-corrected chi connectivity index (χ4v) is 1.90. The topological polar surface area (TPSA) is 147 Å². The molecule has 18 heavy (non-hydrogen) atoms. The Hall–Kier alpha value is -1.61. The molecule has 9 heteroatoms. The Labute approximate surface area is 107 Å². The number of carbonyl (C=O) groups excluding carboxylic acids is 2. The second kappa shape index (κ2) is 8.48. The second-order valence-electron chi connectivity index (χ2n) is 3.28. The van der Waals surface area contributed by atoms with Gasteiger partial charge in [0.25, 0.3) is 0 Å². The minimum atomic E-state index is -1.24. The smallest absolute Gasteiger partial charge is 0.321 e. The molecule has 1 amide bonds. The van der Waals surface area contributed by atoms with Crippen LogP contribution in [0.4, 0.5) is 0 Å². The van der Waals surface area contributed by atoms with E-state index in [2.05, 4.69) is 5.32 Å². The van der Waals surface area contributed by atoms with Gasteiger partial charge < -0.3 is 26.1 Å². The van der Waals surface area contributed by atoms with Crippen molar-refractivity contribution < 1.29 is 29.4 Å². The fourth-order valence-electron chi connectivity index (χ4n) is 0.905. The highest BCUT2D eigenvalue weighted by Crippen LogP contribution is 2.16. The van der Waals surface area contributed by atoms with E-state index in [0.717, 1.165) is 11.8 Å². The van der Waals surface area contributed by atoms with E-state index in [1.165, 1.54) is 0 Å². The minimum Gasteiger partial charge on any atom is -0.480 e. The summed E-state index contributed by atoms with van der Waals surface area (Å²) in [5, 5.41) is 18.5. The zero-order valence-corrected chi connectivity index (χ0v) is 10.2. The van der Waals surface area contributed by atoms with E-state index in [1.54, 1.807) is 0 Å². The number of aldehydes is 1. The summed E-state index contributed by atoms with van der Waals surface area (Å²) in [5.41, 5.74) is 5.22. The van der Waals surface area contributed by atoms with Gasteiger partial charge in [-0.05, 0) is 0 Å². The van der Waals surface area contributed by atoms with Crippen molar-refractivity contribution in [2.24, 2.45) is 5.73 Å². The molecule has 0 aromatic carbocycles. The molecule has 0 saturated carbocycles. The van der Waals surface area contributed by atoms with Crippen molar-refractivity contribution in [1.29, 1.82) is 0 Å². The number of nitrogens with one attached hydrogen (secondary N) is 1. The van der Waals surface area contributed by atoms with E-state index in [9.17, 15) is 19.2 Å². The maximum atomic E-state index is 11.2. The number of aliphatic carboxylic acids is 2. The molecule has 0 radical (unpaired) electrons. The van der Waals surface area contributed by atoms with Crippen LogP contribution < -0.4 is 11.1 Å². The van der Waals surface area contributed by atoms with Gasteiger partial charge in [-0.3, -0.25) is 14.4 Å². The highest BCUT2D eigenvalue weighted by atomic mass is 32.2. The van der Waals surface area contributed by atoms with Crippen molar-refractivity contribution >= 4 is 35.9 Å². The quantitative estimate of drug-likeness (QED) is 0.364. The monoisotopic (exact) mass is 278 g/mol. The number of amides is 1. The van der Waals surface area contributed by atoms with Crippen LogP contribution >= 0.6 is 11.8 Å². The molecule has 0 aliphatic heterocycles. The van der Waals surface area contributed by atoms with Crippen molar-refractivity contribution in [3.8, 4) is 0 Å². The summed E-state index contributed by atoms with van der Waals surface area (Å²) in [6, 6.07) is -1.19. The van der Waals surface area contributed by atoms with Crippen molar-refractivity contribution in [3.63, 3.8) is 0 Å². The van der Waals surface area contributed by atoms with Crippen LogP contribution in [0.25, 0.3) is 0 Å². The molecule has 5 N–H and O–H groups in total. The summed E-state index contributed by atoms with van der Waals surface area (Å²) in [5.74, 6) is -3.19. The molecule has 8 nitrogen and oxygen atoms in total. The Kier molecular flexibility index (Phi) is 7.72. The molecule has 0 aromatic heterocycles. The lowest BCUT2D eigenvalue weighted by molar-refractivity contribution is -0.139. The van der Waals surface area contributed by atoms with Crippen molar-refractivity contribution in [2.45, 2.75) is 17.7 Å². The molecule has 0 rings (SSSR count). The molecule has 2 atom stereocenters. The molecule has 0 aromatic rings. The Balaban J connectivity index is 4.23. The van der Waals surface area contributed by atoms with Gasteiger partial charge >= 0.3 is 11.9 Å². The zero-order valence-electron chi connectivity index (χ0n) is 9.37. The van der Waals surface area contributed by atoms with Gasteiger partial charge in [-0.25, -0.2) is 0 Å². The number of hydrogen-bond acceptors (Lipinski definition) is 6. The van der Waals surface area contributed by atoms with Gasteiger partial charge in [-0.2, -0.15) is 0 Å². The minimum absolute atomic E-state index is 0.118. The molecular formula is C9H14N2O6S. The van der Waals surface area contributed by atoms with Crippen LogP contribution in [-0.4, -0.2) is 57.9 Å². The molecule has 0 fully saturated rings. The molecular weight excluding hydrogens is 264 g/mol. The third-order valence-corrected chi connectivity index (χ3v) is 3.15. The maximum Gasteiger partial charge on any atom is 0.321 e. The third-order valence-electron chi connectivity index (χ3n) is 1.82. The first-order chi connectivity index (χ1) is 8.38. The predicted octanol–water partition coefficient (Wildman–Crippen LogP) is -1.71. The fraction of sp³-hybridized carbons (Fsp3) is 0.556. The number of carboxylic acid groups (broad SMARTS) is 2. The molecule has 1 unspecified atom stereocenters. The van der Waals surface area contributed by atoms with E-state index in [-0.39, 0.29) is 18.7 Å². The normalized spacial score (nSPS) is 13.4. The van der Waals surface area contributed by atoms with Crippen LogP contribution in [0.15, 0.2) is 0 Å². The Morgan fingerprint density at radius 3 is 2.33 bits per heavy atom. The Bertz CT molecular complexity index is 335. The highest BCUT2D eigenvalue weighted by molar-refractivity contribution is 8.00. The molecule has 0 aliphatic rings. The molecule has 0 heterocycles. The average molecular weight is 278 g/mol. The van der Waals surface area contributed by atoms with Gasteiger partial charge in [-0.15, -0.1) is 11.8 Å². The maximum absolute atomic E-state index is 11.2. The molecule has 0 aliphatic carbocycles. The van der Waals surface area contributed by atoms with Crippen molar-refractivity contribution in [2.75, 3.05) is 12.3 Å². The SMILES string of the molecule is N[C@@H](CSC(CC(=O)NCC=O)C(=O)O)C(=O)O. The Morgan fingerprint density at radius 1 is 1.28 bits per heavy atom. The van der Waals surface area contributed by atoms with Crippen molar-refractivity contribution in [3.05, 3.63) is 0 Å². The highest BCUT2D eigenvalue weighted by Gasteiger charge is 2.24. The van der Waals surface area contributed by atoms with Gasteiger partial charge in [-0.1, -0.05) is 0 Å². The molecule has 0 saturated heterocycles. The standard InChI is InChI=1S/C9H14N2O6S/c10-5(8(14)15)4-18-6(9(16)17)3-7(13)11-1-2-12/h2,5-6H,1,3-4,10H2,(H,11,13)(H,14,15)(H,16,17)/t5-,6?/m0/s1. The number of hydrogen-bond donors (Lipinski definition) is 4. The van der Waals surface area contributed by atoms with Crippen LogP contribution in [0, 0.1) is 0 Å². The number of nitrogens with two attached hydrogens (primary N) is 1. The second-order valence-corrected chi connectivity index (χ2v) is 4.52. The van der Waals surface area contributed by atoms with Crippen LogP contribution in [0.3, 0.4) is 0 Å². The van der Waals surface area contributed by atoms with E-state index in [0.29, 0.717) is 6.29 Å². The van der Waals surface area contributed by atoms with Crippen molar-refractivity contribution in [1.82, 2.24) is 5.32 Å². The average Bonchev–Trinajstić information content (AvgIpc) is 2.30. The number of rotatable bonds is 9. The largest absolute Gasteiger partial charge is 0.480 e. The Morgan fingerprint density at radius 2 is 1.89 bits per heavy atom. The molecule has 0 bridgehead atoms. The van der Waals surface area contributed by atoms with E-state index >= 15 is 0 Å². The van der Waals surface area contributed by atoms with E-state index in [1.807, 2.05) is 0 Å². The van der Waals surface area contributed by atoms with Gasteiger partial charge in [0.05, 0.1) is 6.54 Å². The lowest BCUT2D eigenvalue weighted by atomic mass is 10.3. The van der Waals surface area contributed by atoms with Crippen LogP contribution in [0.5, 0.6) is 0 Å². The summed E-state index contributed by atoms with van der Waals surface area (Å²) in [4.78, 5) is 42.5. The summed E-state index contributed by atoms with van der Waals surface area (Å²) in [6.45, 7) is -0.190. The van der Waals surface area contributed by atoms with Crippen LogP contribution in [-0.2, 0) is 19.2 Å². The van der Waals surface area contributed by atoms with Gasteiger partial charge in [0.15, 0.2) is 0 Å². The first kappa shape index (κ1) is 16.4. The van der Waals surface area contributed by atoms with Crippen LogP contribution in [0.2, 0.25) is 0 Å². The summed E-state index contributed by atoms with van der Waals surface area (Å²) >= 11 is 0.773. The van der Waals surface area contributed by atoms with Crippen LogP contribution in [0.1, 0.15) is 6.42 Å². The molecule has 102 valence electrons. The number of carbonyl (C=O) groups is 4. The number of thioether (sulfide) groups is 1. The summed E-state index contributed by atoms with van der Waals surface area (Å²) in [6.07, 6.45) is 0.126. The van der Waals surface area contributed by atoms with Gasteiger partial charge in [0.1, 0.15) is 17.6 Å². The predicted molar refractivity (Wildman–Crippen MR) is 63.2 cm³/mol. The zero-order chi connectivity index (χ0) is 14.1. The van der Waals surface area contributed by atoms with Gasteiger partial charge in [0.2, 0.25) is 5.91 Å². The summed E-state index contributed by atoms with van der Waals surface area (Å²) < 4.78 is 0. The lowest BCUT2D eigenvalue weighted by Gasteiger charge is -2.13.